The van der Waals surface area contributed by atoms with Crippen LogP contribution in [0.4, 0.5) is 0 Å². The molecule has 1 amide bonds. The van der Waals surface area contributed by atoms with Crippen molar-refractivity contribution in [3.63, 3.8) is 0 Å². The molecule has 3 rings (SSSR count). The summed E-state index contributed by atoms with van der Waals surface area (Å²) in [6.45, 7) is 4.02. The minimum Gasteiger partial charge on any atom is -0.508 e. The topological polar surface area (TPSA) is 49.3 Å². The van der Waals surface area contributed by atoms with Crippen molar-refractivity contribution in [1.82, 2.24) is 5.32 Å². The van der Waals surface area contributed by atoms with Crippen molar-refractivity contribution in [3.05, 3.63) is 29.3 Å². The first-order valence-electron chi connectivity index (χ1n) is 6.20. The zero-order valence-electron chi connectivity index (χ0n) is 10.2. The first kappa shape index (κ1) is 10.6. The van der Waals surface area contributed by atoms with Crippen LogP contribution in [0.2, 0.25) is 0 Å². The number of phenolic OH excluding ortho intramolecular Hbond substituents is 1. The number of amides is 1. The van der Waals surface area contributed by atoms with Crippen LogP contribution in [-0.4, -0.2) is 11.0 Å². The van der Waals surface area contributed by atoms with Crippen molar-refractivity contribution in [2.75, 3.05) is 0 Å². The number of hydrogen-bond acceptors (Lipinski definition) is 2. The highest BCUT2D eigenvalue weighted by Gasteiger charge is 2.63. The molecule has 2 fully saturated rings. The summed E-state index contributed by atoms with van der Waals surface area (Å²) in [7, 11) is 0. The monoisotopic (exact) mass is 231 g/mol. The number of fused-ring (bicyclic) bond motifs is 1. The first-order chi connectivity index (χ1) is 8.08. The molecule has 1 aliphatic heterocycles. The third-order valence-electron chi connectivity index (χ3n) is 4.30. The molecule has 1 saturated heterocycles. The summed E-state index contributed by atoms with van der Waals surface area (Å²) in [6, 6.07) is 5.72. The van der Waals surface area contributed by atoms with Crippen LogP contribution in [0, 0.1) is 18.8 Å². The second-order valence-corrected chi connectivity index (χ2v) is 5.28. The van der Waals surface area contributed by atoms with Crippen LogP contribution < -0.4 is 5.32 Å². The number of benzene rings is 1. The van der Waals surface area contributed by atoms with Gasteiger partial charge in [0, 0.05) is 11.5 Å². The zero-order chi connectivity index (χ0) is 12.2. The molecule has 1 aromatic carbocycles. The van der Waals surface area contributed by atoms with Crippen molar-refractivity contribution in [2.45, 2.75) is 32.2 Å². The third-order valence-corrected chi connectivity index (χ3v) is 4.30. The van der Waals surface area contributed by atoms with Crippen molar-refractivity contribution in [3.8, 4) is 5.75 Å². The van der Waals surface area contributed by atoms with Crippen molar-refractivity contribution < 1.29 is 9.90 Å². The molecule has 2 aliphatic rings. The van der Waals surface area contributed by atoms with Crippen LogP contribution >= 0.6 is 0 Å². The van der Waals surface area contributed by atoms with E-state index in [-0.39, 0.29) is 17.4 Å². The van der Waals surface area contributed by atoms with Crippen LogP contribution in [-0.2, 0) is 10.3 Å². The van der Waals surface area contributed by atoms with E-state index in [4.69, 9.17) is 0 Å². The van der Waals surface area contributed by atoms with Crippen LogP contribution in [0.3, 0.4) is 0 Å². The molecule has 0 spiro atoms. The van der Waals surface area contributed by atoms with Crippen molar-refractivity contribution in [2.24, 2.45) is 11.8 Å². The average Bonchev–Trinajstić information content (AvgIpc) is 3.02. The molecule has 17 heavy (non-hydrogen) atoms. The summed E-state index contributed by atoms with van der Waals surface area (Å²) < 4.78 is 0. The molecule has 3 heteroatoms. The van der Waals surface area contributed by atoms with Gasteiger partial charge in [0.15, 0.2) is 0 Å². The number of carbonyl (C=O) groups is 1. The van der Waals surface area contributed by atoms with Gasteiger partial charge in [-0.05, 0) is 37.3 Å². The normalized spacial score (nSPS) is 34.4. The lowest BCUT2D eigenvalue weighted by Crippen LogP contribution is -2.42. The Kier molecular flexibility index (Phi) is 2.03. The molecule has 1 saturated carbocycles. The Bertz CT molecular complexity index is 497. The highest BCUT2D eigenvalue weighted by atomic mass is 16.3. The second-order valence-electron chi connectivity index (χ2n) is 5.28. The standard InChI is InChI=1S/C14H17NO2/c1-3-14(11-7-9(11)13(17)15-14)10-5-4-8(2)6-12(10)16/h4-6,9,11,16H,3,7H2,1-2H3,(H,15,17). The second kappa shape index (κ2) is 3.25. The average molecular weight is 231 g/mol. The maximum absolute atomic E-state index is 11.7. The molecular formula is C14H17NO2. The molecule has 1 aliphatic carbocycles. The molecule has 3 unspecified atom stereocenters. The van der Waals surface area contributed by atoms with Gasteiger partial charge in [-0.1, -0.05) is 19.1 Å². The quantitative estimate of drug-likeness (QED) is 0.818. The largest absolute Gasteiger partial charge is 0.508 e. The van der Waals surface area contributed by atoms with Gasteiger partial charge in [-0.25, -0.2) is 0 Å². The maximum atomic E-state index is 11.7. The van der Waals surface area contributed by atoms with Gasteiger partial charge in [-0.3, -0.25) is 4.79 Å². The van der Waals surface area contributed by atoms with Crippen LogP contribution in [0.25, 0.3) is 0 Å². The van der Waals surface area contributed by atoms with Crippen LogP contribution in [0.1, 0.15) is 30.9 Å². The van der Waals surface area contributed by atoms with Gasteiger partial charge in [0.25, 0.3) is 0 Å². The molecule has 90 valence electrons. The lowest BCUT2D eigenvalue weighted by molar-refractivity contribution is -0.121. The number of phenols is 1. The number of aryl methyl sites for hydroxylation is 1. The van der Waals surface area contributed by atoms with Gasteiger partial charge in [-0.15, -0.1) is 0 Å². The molecule has 0 aromatic heterocycles. The number of carbonyl (C=O) groups excluding carboxylic acids is 1. The Morgan fingerprint density at radius 1 is 1.53 bits per heavy atom. The fourth-order valence-corrected chi connectivity index (χ4v) is 3.26. The van der Waals surface area contributed by atoms with Gasteiger partial charge in [0.1, 0.15) is 5.75 Å². The van der Waals surface area contributed by atoms with E-state index in [0.29, 0.717) is 11.7 Å². The fraction of sp³-hybridized carbons (Fsp3) is 0.500. The van der Waals surface area contributed by atoms with Crippen LogP contribution in [0.15, 0.2) is 18.2 Å². The lowest BCUT2D eigenvalue weighted by Gasteiger charge is -2.31. The van der Waals surface area contributed by atoms with E-state index in [9.17, 15) is 9.90 Å². The highest BCUT2D eigenvalue weighted by molar-refractivity contribution is 5.86. The number of rotatable bonds is 2. The lowest BCUT2D eigenvalue weighted by atomic mass is 9.82. The van der Waals surface area contributed by atoms with E-state index < -0.39 is 0 Å². The van der Waals surface area contributed by atoms with E-state index >= 15 is 0 Å². The minimum absolute atomic E-state index is 0.150. The first-order valence-corrected chi connectivity index (χ1v) is 6.20. The molecule has 0 bridgehead atoms. The maximum Gasteiger partial charge on any atom is 0.224 e. The number of aromatic hydroxyl groups is 1. The molecule has 1 heterocycles. The van der Waals surface area contributed by atoms with Crippen molar-refractivity contribution >= 4 is 5.91 Å². The Morgan fingerprint density at radius 2 is 2.29 bits per heavy atom. The van der Waals surface area contributed by atoms with Crippen molar-refractivity contribution in [1.29, 1.82) is 0 Å². The zero-order valence-corrected chi connectivity index (χ0v) is 10.2. The minimum atomic E-state index is -0.334. The Morgan fingerprint density at radius 3 is 2.76 bits per heavy atom. The highest BCUT2D eigenvalue weighted by Crippen LogP contribution is 2.58. The third kappa shape index (κ3) is 1.31. The van der Waals surface area contributed by atoms with Gasteiger partial charge >= 0.3 is 0 Å². The van der Waals surface area contributed by atoms with E-state index in [0.717, 1.165) is 24.0 Å². The van der Waals surface area contributed by atoms with E-state index in [1.807, 2.05) is 19.1 Å². The smallest absolute Gasteiger partial charge is 0.224 e. The molecule has 0 radical (unpaired) electrons. The predicted molar refractivity (Wildman–Crippen MR) is 64.6 cm³/mol. The Labute approximate surface area is 101 Å². The molecule has 3 atom stereocenters. The number of hydrogen-bond donors (Lipinski definition) is 2. The van der Waals surface area contributed by atoms with Gasteiger partial charge in [0.05, 0.1) is 5.54 Å². The van der Waals surface area contributed by atoms with Gasteiger partial charge < -0.3 is 10.4 Å². The number of piperidine rings is 1. The summed E-state index contributed by atoms with van der Waals surface area (Å²) in [5.74, 6) is 1.00. The number of nitrogens with one attached hydrogen (secondary N) is 1. The predicted octanol–water partition coefficient (Wildman–Crippen LogP) is 2.07. The summed E-state index contributed by atoms with van der Waals surface area (Å²) in [4.78, 5) is 11.7. The Hall–Kier alpha value is -1.51. The molecule has 2 N–H and O–H groups in total. The van der Waals surface area contributed by atoms with E-state index in [2.05, 4.69) is 12.2 Å². The summed E-state index contributed by atoms with van der Waals surface area (Å²) in [5.41, 5.74) is 1.58. The molecule has 1 aromatic rings. The fourth-order valence-electron chi connectivity index (χ4n) is 3.26. The Balaban J connectivity index is 2.09. The summed E-state index contributed by atoms with van der Waals surface area (Å²) in [5, 5.41) is 13.2. The van der Waals surface area contributed by atoms with Gasteiger partial charge in [-0.2, -0.15) is 0 Å². The van der Waals surface area contributed by atoms with Crippen LogP contribution in [0.5, 0.6) is 5.75 Å². The van der Waals surface area contributed by atoms with Gasteiger partial charge in [0.2, 0.25) is 5.91 Å². The van der Waals surface area contributed by atoms with E-state index in [1.54, 1.807) is 6.07 Å². The summed E-state index contributed by atoms with van der Waals surface area (Å²) in [6.07, 6.45) is 1.80. The SMILES string of the molecule is CCC1(c2ccc(C)cc2O)NC(=O)C2CC21. The molecular weight excluding hydrogens is 214 g/mol. The van der Waals surface area contributed by atoms with E-state index in [1.165, 1.54) is 0 Å². The summed E-state index contributed by atoms with van der Waals surface area (Å²) >= 11 is 0. The molecule has 3 nitrogen and oxygen atoms in total.